The van der Waals surface area contributed by atoms with Gasteiger partial charge in [0.05, 0.1) is 0 Å². The Hall–Kier alpha value is -2.67. The van der Waals surface area contributed by atoms with E-state index in [2.05, 4.69) is 9.83 Å². The van der Waals surface area contributed by atoms with Crippen molar-refractivity contribution in [2.75, 3.05) is 0 Å². The van der Waals surface area contributed by atoms with Crippen molar-refractivity contribution >= 4 is 5.78 Å². The van der Waals surface area contributed by atoms with Gasteiger partial charge in [-0.2, -0.15) is 0 Å². The summed E-state index contributed by atoms with van der Waals surface area (Å²) >= 11 is 0. The molecule has 1 saturated carbocycles. The van der Waals surface area contributed by atoms with E-state index in [1.807, 2.05) is 45.9 Å². The van der Waals surface area contributed by atoms with Crippen molar-refractivity contribution in [1.82, 2.24) is 4.98 Å². The molecular weight excluding hydrogens is 336 g/mol. The fourth-order valence-corrected chi connectivity index (χ4v) is 3.82. The van der Waals surface area contributed by atoms with E-state index in [1.165, 1.54) is 0 Å². The first kappa shape index (κ1) is 19.1. The van der Waals surface area contributed by atoms with Gasteiger partial charge < -0.3 is 9.83 Å². The molecule has 0 radical (unpaired) electrons. The highest BCUT2D eigenvalue weighted by Crippen LogP contribution is 2.36. The number of pyridine rings is 1. The van der Waals surface area contributed by atoms with Crippen LogP contribution in [0.3, 0.4) is 0 Å². The van der Waals surface area contributed by atoms with E-state index >= 15 is 0 Å². The zero-order valence-electron chi connectivity index (χ0n) is 16.5. The molecule has 0 unspecified atom stereocenters. The lowest BCUT2D eigenvalue weighted by atomic mass is 9.86. The summed E-state index contributed by atoms with van der Waals surface area (Å²) in [6.07, 6.45) is 3.04. The van der Waals surface area contributed by atoms with Crippen LogP contribution < -0.4 is 5.56 Å². The van der Waals surface area contributed by atoms with Gasteiger partial charge in [-0.15, -0.1) is 0 Å². The third-order valence-electron chi connectivity index (χ3n) is 5.16. The summed E-state index contributed by atoms with van der Waals surface area (Å²) in [5.74, 6) is 0.378. The fraction of sp³-hybridized carbons (Fsp3) is 0.435. The number of aromatic nitrogens is 1. The molecule has 0 aliphatic heterocycles. The quantitative estimate of drug-likeness (QED) is 0.597. The van der Waals surface area contributed by atoms with Crippen LogP contribution >= 0.6 is 0 Å². The maximum atomic E-state index is 13.6. The molecule has 1 aliphatic carbocycles. The van der Waals surface area contributed by atoms with Gasteiger partial charge in [0.15, 0.2) is 5.78 Å². The van der Waals surface area contributed by atoms with E-state index in [0.717, 1.165) is 36.0 Å². The number of benzene rings is 1. The van der Waals surface area contributed by atoms with Crippen molar-refractivity contribution in [2.24, 2.45) is 5.92 Å². The monoisotopic (exact) mass is 362 g/mol. The van der Waals surface area contributed by atoms with Gasteiger partial charge in [-0.05, 0) is 62.6 Å². The Kier molecular flexibility index (Phi) is 5.32. The number of aryl methyl sites for hydroxylation is 2. The Morgan fingerprint density at radius 3 is 2.37 bits per heavy atom. The molecule has 0 saturated heterocycles. The number of carbonyl (C=O) groups excluding carboxylic acids is 1. The van der Waals surface area contributed by atoms with Crippen LogP contribution in [-0.4, -0.2) is 10.8 Å². The standard InChI is InChI=1S/C23H26N2O2/c1-13(2)20-21(22(26)17-9-14(3)8-15(4)10-17)18(11-16-6-7-16)19(12-24-5)25-23(20)27/h8-10,13,16H,6-7,11-12H2,1-4H3,(H,25,27). The molecule has 27 heavy (non-hydrogen) atoms. The first-order chi connectivity index (χ1) is 12.8. The number of ketones is 1. The van der Waals surface area contributed by atoms with E-state index < -0.39 is 0 Å². The summed E-state index contributed by atoms with van der Waals surface area (Å²) in [6.45, 7) is 15.2. The molecule has 0 bridgehead atoms. The number of carbonyl (C=O) groups is 1. The molecule has 140 valence electrons. The second kappa shape index (κ2) is 7.52. The Bertz CT molecular complexity index is 968. The van der Waals surface area contributed by atoms with E-state index in [-0.39, 0.29) is 23.8 Å². The summed E-state index contributed by atoms with van der Waals surface area (Å²) in [5, 5.41) is 0. The number of hydrogen-bond donors (Lipinski definition) is 1. The van der Waals surface area contributed by atoms with Crippen molar-refractivity contribution in [3.05, 3.63) is 79.0 Å². The number of nitrogens with zero attached hydrogens (tertiary/aromatic N) is 1. The van der Waals surface area contributed by atoms with Crippen molar-refractivity contribution in [1.29, 1.82) is 0 Å². The maximum absolute atomic E-state index is 13.6. The van der Waals surface area contributed by atoms with Gasteiger partial charge in [0.2, 0.25) is 0 Å². The zero-order chi connectivity index (χ0) is 19.7. The lowest BCUT2D eigenvalue weighted by Gasteiger charge is -2.18. The highest BCUT2D eigenvalue weighted by Gasteiger charge is 2.31. The summed E-state index contributed by atoms with van der Waals surface area (Å²) in [4.78, 5) is 32.8. The molecule has 4 nitrogen and oxygen atoms in total. The predicted octanol–water partition coefficient (Wildman–Crippen LogP) is 4.72. The molecule has 1 fully saturated rings. The number of nitrogens with one attached hydrogen (secondary N) is 1. The minimum atomic E-state index is -0.240. The van der Waals surface area contributed by atoms with Crippen molar-refractivity contribution in [3.8, 4) is 0 Å². The second-order valence-corrected chi connectivity index (χ2v) is 8.02. The lowest BCUT2D eigenvalue weighted by Crippen LogP contribution is -2.25. The average Bonchev–Trinajstić information content (AvgIpc) is 3.39. The van der Waals surface area contributed by atoms with Crippen molar-refractivity contribution in [2.45, 2.75) is 59.4 Å². The smallest absolute Gasteiger partial charge is 0.254 e. The molecule has 0 spiro atoms. The molecule has 3 rings (SSSR count). The molecule has 1 N–H and O–H groups in total. The molecule has 4 heteroatoms. The third kappa shape index (κ3) is 4.03. The first-order valence-electron chi connectivity index (χ1n) is 9.56. The van der Waals surface area contributed by atoms with E-state index in [9.17, 15) is 9.59 Å². The van der Waals surface area contributed by atoms with E-state index in [1.54, 1.807) is 0 Å². The molecule has 0 atom stereocenters. The number of hydrogen-bond acceptors (Lipinski definition) is 2. The van der Waals surface area contributed by atoms with Gasteiger partial charge in [0.25, 0.3) is 12.1 Å². The summed E-state index contributed by atoms with van der Waals surface area (Å²) in [7, 11) is 0. The summed E-state index contributed by atoms with van der Waals surface area (Å²) in [6, 6.07) is 5.81. The van der Waals surface area contributed by atoms with Crippen LogP contribution in [0.1, 0.15) is 76.5 Å². The molecular formula is C23H26N2O2. The lowest BCUT2D eigenvalue weighted by molar-refractivity contribution is 0.103. The summed E-state index contributed by atoms with van der Waals surface area (Å²) < 4.78 is 0. The first-order valence-corrected chi connectivity index (χ1v) is 9.56. The van der Waals surface area contributed by atoms with Gasteiger partial charge in [-0.25, -0.2) is 6.57 Å². The number of aromatic amines is 1. The Balaban J connectivity index is 2.28. The van der Waals surface area contributed by atoms with Crippen LogP contribution in [0.4, 0.5) is 0 Å². The van der Waals surface area contributed by atoms with Gasteiger partial charge in [-0.1, -0.05) is 31.0 Å². The van der Waals surface area contributed by atoms with Gasteiger partial charge >= 0.3 is 0 Å². The summed E-state index contributed by atoms with van der Waals surface area (Å²) in [5.41, 5.74) is 4.99. The largest absolute Gasteiger partial charge is 0.319 e. The average molecular weight is 362 g/mol. The van der Waals surface area contributed by atoms with Crippen molar-refractivity contribution in [3.63, 3.8) is 0 Å². The molecule has 1 aliphatic rings. The normalized spacial score (nSPS) is 13.6. The molecule has 1 heterocycles. The number of rotatable bonds is 6. The fourth-order valence-electron chi connectivity index (χ4n) is 3.82. The van der Waals surface area contributed by atoms with Crippen LogP contribution in [0.15, 0.2) is 23.0 Å². The van der Waals surface area contributed by atoms with Crippen molar-refractivity contribution < 1.29 is 4.79 Å². The van der Waals surface area contributed by atoms with Gasteiger partial charge in [0.1, 0.15) is 5.69 Å². The van der Waals surface area contributed by atoms with Crippen LogP contribution in [0.5, 0.6) is 0 Å². The Morgan fingerprint density at radius 2 is 1.85 bits per heavy atom. The SMILES string of the molecule is [C-]#[N+]Cc1[nH]c(=O)c(C(C)C)c(C(=O)c2cc(C)cc(C)c2)c1CC1CC1. The van der Waals surface area contributed by atoms with Crippen LogP contribution in [0, 0.1) is 26.3 Å². The van der Waals surface area contributed by atoms with Gasteiger partial charge in [0, 0.05) is 16.7 Å². The Morgan fingerprint density at radius 1 is 1.22 bits per heavy atom. The maximum Gasteiger partial charge on any atom is 0.254 e. The predicted molar refractivity (Wildman–Crippen MR) is 107 cm³/mol. The van der Waals surface area contributed by atoms with Crippen LogP contribution in [0.2, 0.25) is 0 Å². The minimum absolute atomic E-state index is 0.0708. The minimum Gasteiger partial charge on any atom is -0.319 e. The van der Waals surface area contributed by atoms with Crippen LogP contribution in [-0.2, 0) is 13.0 Å². The Labute approximate surface area is 160 Å². The van der Waals surface area contributed by atoms with E-state index in [0.29, 0.717) is 28.3 Å². The number of H-pyrrole nitrogens is 1. The molecule has 2 aromatic rings. The van der Waals surface area contributed by atoms with E-state index in [4.69, 9.17) is 6.57 Å². The second-order valence-electron chi connectivity index (χ2n) is 8.02. The molecule has 1 aromatic carbocycles. The molecule has 0 amide bonds. The molecule has 1 aromatic heterocycles. The third-order valence-corrected chi connectivity index (χ3v) is 5.16. The highest BCUT2D eigenvalue weighted by atomic mass is 16.1. The zero-order valence-corrected chi connectivity index (χ0v) is 16.5. The topological polar surface area (TPSA) is 54.3 Å². The van der Waals surface area contributed by atoms with Gasteiger partial charge in [-0.3, -0.25) is 9.59 Å². The highest BCUT2D eigenvalue weighted by molar-refractivity contribution is 6.11. The van der Waals surface area contributed by atoms with Crippen LogP contribution in [0.25, 0.3) is 4.85 Å².